The molecular formula is C17H12ClF2NO3. The molecule has 0 atom stereocenters. The molecule has 0 bridgehead atoms. The molecule has 1 aliphatic rings. The number of nitrogens with zero attached hydrogens (tertiary/aromatic N) is 1. The van der Waals surface area contributed by atoms with Gasteiger partial charge in [0, 0.05) is 5.02 Å². The molecule has 2 aromatic carbocycles. The van der Waals surface area contributed by atoms with Gasteiger partial charge in [0.25, 0.3) is 0 Å². The van der Waals surface area contributed by atoms with E-state index in [1.54, 1.807) is 24.3 Å². The Kier molecular flexibility index (Phi) is 4.01. The van der Waals surface area contributed by atoms with Crippen molar-refractivity contribution in [1.82, 2.24) is 0 Å². The zero-order chi connectivity index (χ0) is 17.5. The highest BCUT2D eigenvalue weighted by molar-refractivity contribution is 6.30. The Morgan fingerprint density at radius 1 is 1.21 bits per heavy atom. The molecule has 0 spiro atoms. The maximum absolute atomic E-state index is 14.0. The summed E-state index contributed by atoms with van der Waals surface area (Å²) in [4.78, 5) is 24.7. The number of halogens is 3. The van der Waals surface area contributed by atoms with Crippen LogP contribution >= 0.6 is 11.6 Å². The Morgan fingerprint density at radius 3 is 2.50 bits per heavy atom. The van der Waals surface area contributed by atoms with Gasteiger partial charge in [-0.2, -0.15) is 8.78 Å². The highest BCUT2D eigenvalue weighted by Gasteiger charge is 2.51. The first-order valence-electron chi connectivity index (χ1n) is 7.07. The summed E-state index contributed by atoms with van der Waals surface area (Å²) in [5.41, 5.74) is 0.749. The molecule has 2 aromatic rings. The number of benzene rings is 2. The maximum Gasteiger partial charge on any atom is 0.483 e. The number of carbonyl (C=O) groups is 2. The Hall–Kier alpha value is -2.47. The highest BCUT2D eigenvalue weighted by Crippen LogP contribution is 2.42. The summed E-state index contributed by atoms with van der Waals surface area (Å²) in [5.74, 6) is -2.20. The van der Waals surface area contributed by atoms with E-state index in [0.29, 0.717) is 10.6 Å². The summed E-state index contributed by atoms with van der Waals surface area (Å²) in [6.45, 7) is 1.15. The monoisotopic (exact) mass is 351 g/mol. The normalized spacial score (nSPS) is 15.7. The lowest BCUT2D eigenvalue weighted by Crippen LogP contribution is -2.50. The number of alkyl halides is 2. The van der Waals surface area contributed by atoms with Gasteiger partial charge < -0.3 is 4.74 Å². The fraction of sp³-hybridized carbons (Fsp3) is 0.176. The van der Waals surface area contributed by atoms with E-state index in [2.05, 4.69) is 4.74 Å². The molecule has 4 nitrogen and oxygen atoms in total. The summed E-state index contributed by atoms with van der Waals surface area (Å²) in [7, 11) is 0. The molecule has 0 aliphatic carbocycles. The number of amides is 1. The van der Waals surface area contributed by atoms with Crippen LogP contribution in [0.5, 0.6) is 5.75 Å². The first kappa shape index (κ1) is 16.4. The third-order valence-electron chi connectivity index (χ3n) is 3.64. The molecule has 0 aromatic heterocycles. The largest absolute Gasteiger partial charge is 0.483 e. The second-order valence-corrected chi connectivity index (χ2v) is 5.78. The molecule has 0 saturated heterocycles. The summed E-state index contributed by atoms with van der Waals surface area (Å²) >= 11 is 5.81. The predicted molar refractivity (Wildman–Crippen MR) is 84.7 cm³/mol. The molecule has 124 valence electrons. The van der Waals surface area contributed by atoms with E-state index < -0.39 is 17.8 Å². The van der Waals surface area contributed by atoms with Gasteiger partial charge in [0.15, 0.2) is 11.5 Å². The molecule has 0 fully saturated rings. The molecule has 1 heterocycles. The molecule has 1 aliphatic heterocycles. The van der Waals surface area contributed by atoms with Crippen LogP contribution in [-0.2, 0) is 11.3 Å². The van der Waals surface area contributed by atoms with E-state index in [-0.39, 0.29) is 23.5 Å². The second kappa shape index (κ2) is 5.87. The fourth-order valence-corrected chi connectivity index (χ4v) is 2.62. The lowest BCUT2D eigenvalue weighted by atomic mass is 10.1. The van der Waals surface area contributed by atoms with E-state index >= 15 is 0 Å². The van der Waals surface area contributed by atoms with Crippen molar-refractivity contribution in [3.05, 3.63) is 58.6 Å². The molecule has 3 rings (SSSR count). The maximum atomic E-state index is 14.0. The molecule has 7 heteroatoms. The van der Waals surface area contributed by atoms with Gasteiger partial charge in [-0.25, -0.2) is 0 Å². The van der Waals surface area contributed by atoms with Crippen LogP contribution in [0, 0.1) is 0 Å². The lowest BCUT2D eigenvalue weighted by molar-refractivity contribution is -0.193. The van der Waals surface area contributed by atoms with Gasteiger partial charge in [-0.3, -0.25) is 14.5 Å². The van der Waals surface area contributed by atoms with Crippen molar-refractivity contribution in [2.24, 2.45) is 0 Å². The zero-order valence-electron chi connectivity index (χ0n) is 12.6. The molecular weight excluding hydrogens is 340 g/mol. The minimum atomic E-state index is -4.04. The van der Waals surface area contributed by atoms with Gasteiger partial charge in [-0.1, -0.05) is 29.8 Å². The van der Waals surface area contributed by atoms with E-state index in [0.717, 1.165) is 4.90 Å². The summed E-state index contributed by atoms with van der Waals surface area (Å²) in [6, 6.07) is 10.8. The summed E-state index contributed by atoms with van der Waals surface area (Å²) in [6.07, 6.45) is -4.04. The minimum Gasteiger partial charge on any atom is -0.422 e. The number of rotatable bonds is 3. The fourth-order valence-electron chi connectivity index (χ4n) is 2.49. The van der Waals surface area contributed by atoms with E-state index in [9.17, 15) is 18.4 Å². The first-order chi connectivity index (χ1) is 11.3. The molecule has 1 amide bonds. The van der Waals surface area contributed by atoms with Crippen LogP contribution < -0.4 is 9.64 Å². The molecule has 24 heavy (non-hydrogen) atoms. The van der Waals surface area contributed by atoms with Crippen LogP contribution in [0.3, 0.4) is 0 Å². The zero-order valence-corrected chi connectivity index (χ0v) is 13.3. The Morgan fingerprint density at radius 2 is 1.88 bits per heavy atom. The van der Waals surface area contributed by atoms with Crippen LogP contribution in [0.4, 0.5) is 14.5 Å². The van der Waals surface area contributed by atoms with Crippen LogP contribution in [0.15, 0.2) is 42.5 Å². The first-order valence-corrected chi connectivity index (χ1v) is 7.44. The second-order valence-electron chi connectivity index (χ2n) is 5.35. The topological polar surface area (TPSA) is 46.6 Å². The summed E-state index contributed by atoms with van der Waals surface area (Å²) < 4.78 is 32.5. The quantitative estimate of drug-likeness (QED) is 0.783. The smallest absolute Gasteiger partial charge is 0.422 e. The Labute approximate surface area is 141 Å². The lowest BCUT2D eigenvalue weighted by Gasteiger charge is -2.34. The van der Waals surface area contributed by atoms with Crippen molar-refractivity contribution in [3.63, 3.8) is 0 Å². The average Bonchev–Trinajstić information content (AvgIpc) is 2.52. The van der Waals surface area contributed by atoms with Gasteiger partial charge >= 0.3 is 12.0 Å². The standard InChI is InChI=1S/C17H12ClF2NO3/c1-10(22)13-3-2-4-14-15(13)24-17(19,20)16(23)21(14)9-11-5-7-12(18)8-6-11/h2-8H,9H2,1H3. The number of para-hydroxylation sites is 1. The minimum absolute atomic E-state index is 0.000723. The van der Waals surface area contributed by atoms with E-state index in [1.807, 2.05) is 0 Å². The van der Waals surface area contributed by atoms with Gasteiger partial charge in [-0.15, -0.1) is 0 Å². The number of anilines is 1. The van der Waals surface area contributed by atoms with Crippen LogP contribution in [-0.4, -0.2) is 17.8 Å². The van der Waals surface area contributed by atoms with E-state index in [1.165, 1.54) is 25.1 Å². The third kappa shape index (κ3) is 2.85. The average molecular weight is 352 g/mol. The van der Waals surface area contributed by atoms with E-state index in [4.69, 9.17) is 11.6 Å². The van der Waals surface area contributed by atoms with Gasteiger partial charge in [-0.05, 0) is 36.8 Å². The van der Waals surface area contributed by atoms with Crippen molar-refractivity contribution in [3.8, 4) is 5.75 Å². The number of fused-ring (bicyclic) bond motifs is 1. The van der Waals surface area contributed by atoms with Crippen LogP contribution in [0.1, 0.15) is 22.8 Å². The van der Waals surface area contributed by atoms with Crippen molar-refractivity contribution in [1.29, 1.82) is 0 Å². The van der Waals surface area contributed by atoms with Crippen molar-refractivity contribution < 1.29 is 23.1 Å². The molecule has 0 N–H and O–H groups in total. The van der Waals surface area contributed by atoms with Gasteiger partial charge in [0.05, 0.1) is 17.8 Å². The number of hydrogen-bond acceptors (Lipinski definition) is 3. The Bertz CT molecular complexity index is 821. The number of carbonyl (C=O) groups excluding carboxylic acids is 2. The molecule has 0 saturated carbocycles. The number of ether oxygens (including phenoxy) is 1. The van der Waals surface area contributed by atoms with Crippen molar-refractivity contribution in [2.45, 2.75) is 19.6 Å². The highest BCUT2D eigenvalue weighted by atomic mass is 35.5. The van der Waals surface area contributed by atoms with Crippen molar-refractivity contribution in [2.75, 3.05) is 4.90 Å². The molecule has 0 unspecified atom stereocenters. The summed E-state index contributed by atoms with van der Waals surface area (Å²) in [5, 5.41) is 0.497. The molecule has 0 radical (unpaired) electrons. The van der Waals surface area contributed by atoms with Crippen LogP contribution in [0.2, 0.25) is 5.02 Å². The number of hydrogen-bond donors (Lipinski definition) is 0. The number of Topliss-reactive ketones (excluding diaryl/α,β-unsaturated/α-hetero) is 1. The third-order valence-corrected chi connectivity index (χ3v) is 3.89. The SMILES string of the molecule is CC(=O)c1cccc2c1OC(F)(F)C(=O)N2Cc1ccc(Cl)cc1. The number of ketones is 1. The van der Waals surface area contributed by atoms with Crippen LogP contribution in [0.25, 0.3) is 0 Å². The predicted octanol–water partition coefficient (Wildman–Crippen LogP) is 4.06. The van der Waals surface area contributed by atoms with Gasteiger partial charge in [0.1, 0.15) is 0 Å². The Balaban J connectivity index is 2.08. The van der Waals surface area contributed by atoms with Crippen molar-refractivity contribution >= 4 is 29.0 Å². The van der Waals surface area contributed by atoms with Gasteiger partial charge in [0.2, 0.25) is 0 Å².